The van der Waals surface area contributed by atoms with Crippen LogP contribution >= 0.6 is 11.6 Å². The molecule has 1 atom stereocenters. The number of hydrogen-bond donors (Lipinski definition) is 1. The first-order valence-electron chi connectivity index (χ1n) is 6.00. The zero-order valence-electron chi connectivity index (χ0n) is 10.7. The summed E-state index contributed by atoms with van der Waals surface area (Å²) in [5.74, 6) is 0. The molecule has 1 fully saturated rings. The Morgan fingerprint density at radius 3 is 2.80 bits per heavy atom. The van der Waals surface area contributed by atoms with Crippen molar-refractivity contribution in [3.63, 3.8) is 0 Å². The number of nitrogens with one attached hydrogen (secondary N) is 1. The molecule has 1 aliphatic heterocycles. The molecule has 0 amide bonds. The number of hydrogen-bond acceptors (Lipinski definition) is 5. The third-order valence-electron chi connectivity index (χ3n) is 3.14. The third-order valence-corrected chi connectivity index (χ3v) is 5.44. The maximum atomic E-state index is 12.6. The number of sulfonamides is 1. The van der Waals surface area contributed by atoms with E-state index in [-0.39, 0.29) is 22.5 Å². The van der Waals surface area contributed by atoms with Crippen molar-refractivity contribution in [2.24, 2.45) is 0 Å². The fourth-order valence-electron chi connectivity index (χ4n) is 2.16. The highest BCUT2D eigenvalue weighted by Gasteiger charge is 2.35. The van der Waals surface area contributed by atoms with Gasteiger partial charge in [-0.1, -0.05) is 11.6 Å². The van der Waals surface area contributed by atoms with Crippen molar-refractivity contribution >= 4 is 27.3 Å². The van der Waals surface area contributed by atoms with Crippen LogP contribution in [0.5, 0.6) is 0 Å². The van der Waals surface area contributed by atoms with Gasteiger partial charge in [0.05, 0.1) is 4.92 Å². The van der Waals surface area contributed by atoms with Crippen molar-refractivity contribution in [3.8, 4) is 0 Å². The van der Waals surface area contributed by atoms with Crippen molar-refractivity contribution < 1.29 is 13.3 Å². The van der Waals surface area contributed by atoms with E-state index in [4.69, 9.17) is 11.6 Å². The van der Waals surface area contributed by atoms with Gasteiger partial charge in [0, 0.05) is 36.8 Å². The van der Waals surface area contributed by atoms with Gasteiger partial charge in [-0.25, -0.2) is 8.42 Å². The molecular formula is C11H14ClN3O4S. The predicted molar refractivity (Wildman–Crippen MR) is 74.3 cm³/mol. The van der Waals surface area contributed by atoms with E-state index < -0.39 is 20.6 Å². The van der Waals surface area contributed by atoms with Gasteiger partial charge in [0.2, 0.25) is 10.0 Å². The van der Waals surface area contributed by atoms with Crippen molar-refractivity contribution in [1.82, 2.24) is 9.62 Å². The smallest absolute Gasteiger partial charge is 0.290 e. The van der Waals surface area contributed by atoms with E-state index in [1.807, 2.05) is 0 Å². The molecule has 0 radical (unpaired) electrons. The summed E-state index contributed by atoms with van der Waals surface area (Å²) in [7, 11) is -3.91. The Morgan fingerprint density at radius 2 is 2.20 bits per heavy atom. The Balaban J connectivity index is 2.51. The van der Waals surface area contributed by atoms with Crippen molar-refractivity contribution in [2.75, 3.05) is 19.6 Å². The maximum Gasteiger partial charge on any atom is 0.290 e. The maximum absolute atomic E-state index is 12.6. The number of nitro groups is 1. The molecule has 1 aromatic carbocycles. The topological polar surface area (TPSA) is 92.6 Å². The van der Waals surface area contributed by atoms with Gasteiger partial charge in [-0.2, -0.15) is 4.31 Å². The fraction of sp³-hybridized carbons (Fsp3) is 0.455. The van der Waals surface area contributed by atoms with Gasteiger partial charge in [-0.3, -0.25) is 10.1 Å². The molecule has 7 nitrogen and oxygen atoms in total. The van der Waals surface area contributed by atoms with E-state index in [9.17, 15) is 18.5 Å². The Bertz CT molecular complexity index is 635. The summed E-state index contributed by atoms with van der Waals surface area (Å²) in [6.07, 6.45) is 0. The van der Waals surface area contributed by atoms with E-state index in [1.165, 1.54) is 16.4 Å². The standard InChI is InChI=1S/C11H14ClN3O4S/c1-8-7-13-4-5-14(8)20(18,19)11-3-2-9(12)6-10(11)15(16)17/h2-3,6,8,13H,4-5,7H2,1H3. The normalized spacial score (nSPS) is 20.8. The first kappa shape index (κ1) is 15.2. The predicted octanol–water partition coefficient (Wildman–Crippen LogP) is 1.23. The lowest BCUT2D eigenvalue weighted by Gasteiger charge is -2.32. The summed E-state index contributed by atoms with van der Waals surface area (Å²) in [5, 5.41) is 14.2. The molecule has 0 aliphatic carbocycles. The quantitative estimate of drug-likeness (QED) is 0.668. The minimum atomic E-state index is -3.91. The Kier molecular flexibility index (Phi) is 4.28. The number of halogens is 1. The van der Waals surface area contributed by atoms with E-state index in [1.54, 1.807) is 6.92 Å². The lowest BCUT2D eigenvalue weighted by atomic mass is 10.3. The summed E-state index contributed by atoms with van der Waals surface area (Å²) in [6, 6.07) is 3.32. The minimum absolute atomic E-state index is 0.129. The van der Waals surface area contributed by atoms with Gasteiger partial charge in [0.25, 0.3) is 5.69 Å². The lowest BCUT2D eigenvalue weighted by molar-refractivity contribution is -0.387. The Hall–Kier alpha value is -1.22. The molecule has 9 heteroatoms. The summed E-state index contributed by atoms with van der Waals surface area (Å²) < 4.78 is 26.4. The summed E-state index contributed by atoms with van der Waals surface area (Å²) in [5.41, 5.74) is -0.497. The summed E-state index contributed by atoms with van der Waals surface area (Å²) in [4.78, 5) is 9.99. The van der Waals surface area contributed by atoms with Gasteiger partial charge in [0.15, 0.2) is 4.90 Å². The molecule has 0 aromatic heterocycles. The number of nitrogens with zero attached hydrogens (tertiary/aromatic N) is 2. The number of benzene rings is 1. The molecule has 0 spiro atoms. The van der Waals surface area contributed by atoms with Crippen LogP contribution in [0.4, 0.5) is 5.69 Å². The zero-order valence-corrected chi connectivity index (χ0v) is 12.3. The number of piperazine rings is 1. The second-order valence-corrected chi connectivity index (χ2v) is 6.83. The highest BCUT2D eigenvalue weighted by atomic mass is 35.5. The van der Waals surface area contributed by atoms with Crippen LogP contribution in [0.3, 0.4) is 0 Å². The lowest BCUT2D eigenvalue weighted by Crippen LogP contribution is -2.52. The molecule has 0 saturated carbocycles. The van der Waals surface area contributed by atoms with Crippen molar-refractivity contribution in [2.45, 2.75) is 17.9 Å². The van der Waals surface area contributed by atoms with Crippen LogP contribution in [0.1, 0.15) is 6.92 Å². The van der Waals surface area contributed by atoms with E-state index in [0.717, 1.165) is 6.07 Å². The largest absolute Gasteiger partial charge is 0.314 e. The number of rotatable bonds is 3. The van der Waals surface area contributed by atoms with E-state index in [0.29, 0.717) is 13.1 Å². The van der Waals surface area contributed by atoms with Crippen LogP contribution in [0.2, 0.25) is 5.02 Å². The third kappa shape index (κ3) is 2.78. The molecule has 2 rings (SSSR count). The van der Waals surface area contributed by atoms with Crippen LogP contribution in [-0.4, -0.2) is 43.3 Å². The van der Waals surface area contributed by atoms with E-state index >= 15 is 0 Å². The Labute approximate surface area is 121 Å². The van der Waals surface area contributed by atoms with Gasteiger partial charge in [-0.15, -0.1) is 0 Å². The summed E-state index contributed by atoms with van der Waals surface area (Å²) >= 11 is 5.70. The molecule has 1 unspecified atom stereocenters. The van der Waals surface area contributed by atoms with Gasteiger partial charge >= 0.3 is 0 Å². The van der Waals surface area contributed by atoms with E-state index in [2.05, 4.69) is 5.32 Å². The first-order chi connectivity index (χ1) is 9.34. The SMILES string of the molecule is CC1CNCCN1S(=O)(=O)c1ccc(Cl)cc1[N+](=O)[O-]. The molecular weight excluding hydrogens is 306 g/mol. The highest BCUT2D eigenvalue weighted by molar-refractivity contribution is 7.89. The van der Waals surface area contributed by atoms with Gasteiger partial charge in [0.1, 0.15) is 0 Å². The molecule has 110 valence electrons. The molecule has 1 aliphatic rings. The molecule has 1 heterocycles. The average Bonchev–Trinajstić information content (AvgIpc) is 2.38. The van der Waals surface area contributed by atoms with Gasteiger partial charge < -0.3 is 5.32 Å². The van der Waals surface area contributed by atoms with Crippen LogP contribution < -0.4 is 5.32 Å². The van der Waals surface area contributed by atoms with Crippen LogP contribution in [-0.2, 0) is 10.0 Å². The molecule has 1 saturated heterocycles. The van der Waals surface area contributed by atoms with Crippen molar-refractivity contribution in [1.29, 1.82) is 0 Å². The first-order valence-corrected chi connectivity index (χ1v) is 7.82. The minimum Gasteiger partial charge on any atom is -0.314 e. The molecule has 0 bridgehead atoms. The average molecular weight is 320 g/mol. The molecule has 1 aromatic rings. The zero-order chi connectivity index (χ0) is 14.9. The van der Waals surface area contributed by atoms with Crippen LogP contribution in [0, 0.1) is 10.1 Å². The van der Waals surface area contributed by atoms with Gasteiger partial charge in [-0.05, 0) is 19.1 Å². The monoisotopic (exact) mass is 319 g/mol. The summed E-state index contributed by atoms with van der Waals surface area (Å²) in [6.45, 7) is 3.07. The number of nitro benzene ring substituents is 1. The highest BCUT2D eigenvalue weighted by Crippen LogP contribution is 2.30. The van der Waals surface area contributed by atoms with Crippen molar-refractivity contribution in [3.05, 3.63) is 33.3 Å². The Morgan fingerprint density at radius 1 is 1.50 bits per heavy atom. The van der Waals surface area contributed by atoms with Crippen LogP contribution in [0.25, 0.3) is 0 Å². The molecule has 20 heavy (non-hydrogen) atoms. The molecule has 1 N–H and O–H groups in total. The van der Waals surface area contributed by atoms with Crippen LogP contribution in [0.15, 0.2) is 23.1 Å². The fourth-order valence-corrected chi connectivity index (χ4v) is 4.09. The second-order valence-electron chi connectivity index (χ2n) is 4.54. The second kappa shape index (κ2) is 5.65.